The van der Waals surface area contributed by atoms with E-state index in [0.29, 0.717) is 12.3 Å². The van der Waals surface area contributed by atoms with Gasteiger partial charge in [0.25, 0.3) is 5.91 Å². The van der Waals surface area contributed by atoms with Crippen LogP contribution in [0.2, 0.25) is 0 Å². The molecular formula is C12H19N3O2S2. The van der Waals surface area contributed by atoms with Gasteiger partial charge in [-0.3, -0.25) is 9.69 Å². The second kappa shape index (κ2) is 5.66. The smallest absolute Gasteiger partial charge is 0.325 e. The largest absolute Gasteiger partial charge is 0.358 e. The number of carbonyl (C=O) groups is 2. The molecule has 0 aromatic heterocycles. The highest BCUT2D eigenvalue weighted by atomic mass is 32.2. The normalized spacial score (nSPS) is 22.0. The van der Waals surface area contributed by atoms with Crippen molar-refractivity contribution >= 4 is 40.2 Å². The molecule has 2 rings (SSSR count). The van der Waals surface area contributed by atoms with Crippen LogP contribution in [0, 0.1) is 0 Å². The Balaban J connectivity index is 1.78. The number of hydrogen-bond donors (Lipinski definition) is 1. The fourth-order valence-electron chi connectivity index (χ4n) is 2.24. The van der Waals surface area contributed by atoms with Crippen LogP contribution in [0.15, 0.2) is 0 Å². The SMILES string of the molecule is CC1(C)NC(=O)N(CCSC(=S)N2CCCC2)C1=O. The number of likely N-dealkylation sites (tertiary alicyclic amines) is 1. The molecule has 7 heteroatoms. The molecule has 2 aliphatic rings. The second-order valence-corrected chi connectivity index (χ2v) is 7.05. The molecule has 0 bridgehead atoms. The highest BCUT2D eigenvalue weighted by Crippen LogP contribution is 2.19. The van der Waals surface area contributed by atoms with Gasteiger partial charge in [0, 0.05) is 25.4 Å². The molecule has 2 fully saturated rings. The molecule has 0 aromatic rings. The van der Waals surface area contributed by atoms with Gasteiger partial charge in [0.05, 0.1) is 0 Å². The third-order valence-corrected chi connectivity index (χ3v) is 4.85. The van der Waals surface area contributed by atoms with E-state index in [-0.39, 0.29) is 11.9 Å². The maximum absolute atomic E-state index is 12.0. The lowest BCUT2D eigenvalue weighted by Gasteiger charge is -2.19. The van der Waals surface area contributed by atoms with E-state index < -0.39 is 5.54 Å². The van der Waals surface area contributed by atoms with Crippen LogP contribution in [0.4, 0.5) is 4.79 Å². The van der Waals surface area contributed by atoms with Gasteiger partial charge in [-0.2, -0.15) is 0 Å². The van der Waals surface area contributed by atoms with Crippen LogP contribution in [-0.4, -0.2) is 57.0 Å². The fraction of sp³-hybridized carbons (Fsp3) is 0.750. The molecule has 19 heavy (non-hydrogen) atoms. The van der Waals surface area contributed by atoms with E-state index >= 15 is 0 Å². The van der Waals surface area contributed by atoms with Gasteiger partial charge in [-0.25, -0.2) is 4.79 Å². The first-order valence-corrected chi connectivity index (χ1v) is 7.87. The molecule has 3 amide bonds. The first-order valence-electron chi connectivity index (χ1n) is 6.47. The van der Waals surface area contributed by atoms with Crippen molar-refractivity contribution in [3.8, 4) is 0 Å². The van der Waals surface area contributed by atoms with Gasteiger partial charge in [0.2, 0.25) is 0 Å². The molecule has 2 aliphatic heterocycles. The number of rotatable bonds is 3. The van der Waals surface area contributed by atoms with Crippen LogP contribution in [0.5, 0.6) is 0 Å². The van der Waals surface area contributed by atoms with Crippen molar-refractivity contribution in [2.75, 3.05) is 25.4 Å². The highest BCUT2D eigenvalue weighted by Gasteiger charge is 2.43. The third-order valence-electron chi connectivity index (χ3n) is 3.35. The lowest BCUT2D eigenvalue weighted by molar-refractivity contribution is -0.130. The summed E-state index contributed by atoms with van der Waals surface area (Å²) in [7, 11) is 0. The zero-order valence-corrected chi connectivity index (χ0v) is 12.9. The average Bonchev–Trinajstić information content (AvgIpc) is 2.91. The fourth-order valence-corrected chi connectivity index (χ4v) is 3.48. The van der Waals surface area contributed by atoms with Gasteiger partial charge in [0.15, 0.2) is 0 Å². The van der Waals surface area contributed by atoms with Gasteiger partial charge < -0.3 is 10.2 Å². The highest BCUT2D eigenvalue weighted by molar-refractivity contribution is 8.22. The number of urea groups is 1. The first kappa shape index (κ1) is 14.6. The zero-order chi connectivity index (χ0) is 14.0. The van der Waals surface area contributed by atoms with Crippen LogP contribution in [0.25, 0.3) is 0 Å². The summed E-state index contributed by atoms with van der Waals surface area (Å²) >= 11 is 6.89. The number of carbonyl (C=O) groups excluding carboxylic acids is 2. The number of thioether (sulfide) groups is 1. The molecule has 0 radical (unpaired) electrons. The summed E-state index contributed by atoms with van der Waals surface area (Å²) in [6, 6.07) is -0.303. The van der Waals surface area contributed by atoms with Gasteiger partial charge in [0.1, 0.15) is 9.86 Å². The van der Waals surface area contributed by atoms with Crippen molar-refractivity contribution in [3.63, 3.8) is 0 Å². The van der Waals surface area contributed by atoms with E-state index in [9.17, 15) is 9.59 Å². The topological polar surface area (TPSA) is 52.7 Å². The molecule has 0 aliphatic carbocycles. The van der Waals surface area contributed by atoms with Crippen molar-refractivity contribution in [3.05, 3.63) is 0 Å². The van der Waals surface area contributed by atoms with Crippen molar-refractivity contribution in [2.45, 2.75) is 32.2 Å². The Labute approximate surface area is 123 Å². The van der Waals surface area contributed by atoms with Crippen LogP contribution < -0.4 is 5.32 Å². The average molecular weight is 301 g/mol. The monoisotopic (exact) mass is 301 g/mol. The van der Waals surface area contributed by atoms with E-state index in [0.717, 1.165) is 17.4 Å². The van der Waals surface area contributed by atoms with Crippen molar-refractivity contribution in [1.82, 2.24) is 15.1 Å². The lowest BCUT2D eigenvalue weighted by atomic mass is 10.1. The molecule has 2 saturated heterocycles. The minimum atomic E-state index is -0.781. The predicted octanol–water partition coefficient (Wildman–Crippen LogP) is 1.43. The Bertz CT molecular complexity index is 406. The maximum atomic E-state index is 12.0. The van der Waals surface area contributed by atoms with E-state index in [1.165, 1.54) is 17.7 Å². The molecule has 0 unspecified atom stereocenters. The first-order chi connectivity index (χ1) is 8.92. The number of nitrogens with zero attached hydrogens (tertiary/aromatic N) is 2. The van der Waals surface area contributed by atoms with E-state index in [4.69, 9.17) is 12.2 Å². The van der Waals surface area contributed by atoms with Gasteiger partial charge in [-0.05, 0) is 26.7 Å². The summed E-state index contributed by atoms with van der Waals surface area (Å²) in [4.78, 5) is 27.1. The maximum Gasteiger partial charge on any atom is 0.325 e. The minimum Gasteiger partial charge on any atom is -0.358 e. The Morgan fingerprint density at radius 2 is 2.00 bits per heavy atom. The molecule has 2 heterocycles. The van der Waals surface area contributed by atoms with E-state index in [1.807, 2.05) is 0 Å². The number of imide groups is 1. The minimum absolute atomic E-state index is 0.162. The molecule has 0 aromatic carbocycles. The van der Waals surface area contributed by atoms with Gasteiger partial charge in [-0.1, -0.05) is 24.0 Å². The van der Waals surface area contributed by atoms with Crippen molar-refractivity contribution < 1.29 is 9.59 Å². The molecule has 0 saturated carbocycles. The summed E-state index contributed by atoms with van der Waals surface area (Å²) in [6.45, 7) is 5.90. The molecule has 0 spiro atoms. The Hall–Kier alpha value is -0.820. The number of amides is 3. The molecule has 106 valence electrons. The summed E-state index contributed by atoms with van der Waals surface area (Å²) in [5.41, 5.74) is -0.781. The van der Waals surface area contributed by atoms with Crippen molar-refractivity contribution in [2.24, 2.45) is 0 Å². The second-order valence-electron chi connectivity index (χ2n) is 5.32. The third kappa shape index (κ3) is 3.20. The standard InChI is InChI=1S/C12H19N3O2S2/c1-12(2)9(16)15(10(17)13-12)7-8-19-11(18)14-5-3-4-6-14/h3-8H2,1-2H3,(H,13,17). The molecule has 1 N–H and O–H groups in total. The molecule has 0 atom stereocenters. The summed E-state index contributed by atoms with van der Waals surface area (Å²) < 4.78 is 0.879. The summed E-state index contributed by atoms with van der Waals surface area (Å²) in [5.74, 6) is 0.495. The Morgan fingerprint density at radius 3 is 2.53 bits per heavy atom. The number of hydrogen-bond acceptors (Lipinski definition) is 4. The van der Waals surface area contributed by atoms with Crippen LogP contribution >= 0.6 is 24.0 Å². The Kier molecular flexibility index (Phi) is 4.35. The zero-order valence-electron chi connectivity index (χ0n) is 11.3. The summed E-state index contributed by atoms with van der Waals surface area (Å²) in [6.07, 6.45) is 2.39. The van der Waals surface area contributed by atoms with Crippen molar-refractivity contribution in [1.29, 1.82) is 0 Å². The summed E-state index contributed by atoms with van der Waals surface area (Å²) in [5, 5.41) is 2.67. The van der Waals surface area contributed by atoms with Crippen LogP contribution in [-0.2, 0) is 4.79 Å². The van der Waals surface area contributed by atoms with Crippen LogP contribution in [0.1, 0.15) is 26.7 Å². The van der Waals surface area contributed by atoms with Crippen LogP contribution in [0.3, 0.4) is 0 Å². The molecule has 5 nitrogen and oxygen atoms in total. The number of thiocarbonyl (C=S) groups is 1. The lowest BCUT2D eigenvalue weighted by Crippen LogP contribution is -2.40. The predicted molar refractivity (Wildman–Crippen MR) is 80.2 cm³/mol. The van der Waals surface area contributed by atoms with E-state index in [2.05, 4.69) is 10.2 Å². The quantitative estimate of drug-likeness (QED) is 0.631. The molecular weight excluding hydrogens is 282 g/mol. The Morgan fingerprint density at radius 1 is 1.37 bits per heavy atom. The van der Waals surface area contributed by atoms with E-state index in [1.54, 1.807) is 25.6 Å². The van der Waals surface area contributed by atoms with Gasteiger partial charge in [-0.15, -0.1) is 0 Å². The number of nitrogens with one attached hydrogen (secondary N) is 1. The van der Waals surface area contributed by atoms with Gasteiger partial charge >= 0.3 is 6.03 Å².